The number of aromatic nitrogens is 1. The first-order valence-corrected chi connectivity index (χ1v) is 14.7. The maximum atomic E-state index is 12.6. The second kappa shape index (κ2) is 14.7. The first-order chi connectivity index (χ1) is 19.4. The molecule has 1 saturated heterocycles. The average molecular weight is 580 g/mol. The highest BCUT2D eigenvalue weighted by Gasteiger charge is 2.22. The van der Waals surface area contributed by atoms with Crippen LogP contribution in [0.4, 0.5) is 5.69 Å². The standard InChI is InChI=1S/C30H34ClN5O3S/c1-22-19-28(24-7-3-5-9-26(24)34-22)39-20-23(32-2)21-40-18-13-33-29(37)11-12-30(38)36-16-14-35(15-17-36)27-10-6-4-8-25(27)31/h3-10,19,21H,2,11-18,20H2,1H3,(H,33,37)/b23-21-. The van der Waals surface area contributed by atoms with Crippen LogP contribution in [0.5, 0.6) is 5.75 Å². The molecule has 1 aliphatic heterocycles. The van der Waals surface area contributed by atoms with E-state index < -0.39 is 0 Å². The number of hydrogen-bond donors (Lipinski definition) is 1. The number of para-hydroxylation sites is 2. The van der Waals surface area contributed by atoms with Gasteiger partial charge in [-0.15, -0.1) is 11.8 Å². The molecule has 10 heteroatoms. The van der Waals surface area contributed by atoms with Crippen molar-refractivity contribution in [3.8, 4) is 5.75 Å². The van der Waals surface area contributed by atoms with Crippen LogP contribution in [0.3, 0.4) is 0 Å². The van der Waals surface area contributed by atoms with E-state index in [9.17, 15) is 9.59 Å². The SMILES string of the molecule is C=N/C(=C\SCCNC(=O)CCC(=O)N1CCN(c2ccccc2Cl)CC1)COc1cc(C)nc2ccccc12. The molecule has 0 aliphatic carbocycles. The zero-order valence-electron chi connectivity index (χ0n) is 22.6. The minimum absolute atomic E-state index is 0.00476. The predicted octanol–water partition coefficient (Wildman–Crippen LogP) is 5.10. The number of piperazine rings is 1. The minimum Gasteiger partial charge on any atom is -0.487 e. The van der Waals surface area contributed by atoms with Gasteiger partial charge < -0.3 is 19.9 Å². The van der Waals surface area contributed by atoms with E-state index in [1.165, 1.54) is 11.8 Å². The molecule has 0 bridgehead atoms. The van der Waals surface area contributed by atoms with E-state index in [1.54, 1.807) is 0 Å². The normalized spacial score (nSPS) is 13.8. The van der Waals surface area contributed by atoms with Gasteiger partial charge in [0.1, 0.15) is 12.4 Å². The van der Waals surface area contributed by atoms with E-state index in [0.29, 0.717) is 36.1 Å². The highest BCUT2D eigenvalue weighted by atomic mass is 35.5. The summed E-state index contributed by atoms with van der Waals surface area (Å²) in [6.07, 6.45) is 0.382. The molecular weight excluding hydrogens is 546 g/mol. The number of nitrogens with one attached hydrogen (secondary N) is 1. The lowest BCUT2D eigenvalue weighted by atomic mass is 10.2. The van der Waals surface area contributed by atoms with Crippen molar-refractivity contribution in [2.24, 2.45) is 4.99 Å². The fourth-order valence-electron chi connectivity index (χ4n) is 4.43. The van der Waals surface area contributed by atoms with Gasteiger partial charge in [-0.1, -0.05) is 35.9 Å². The first kappa shape index (κ1) is 29.4. The summed E-state index contributed by atoms with van der Waals surface area (Å²) in [5.74, 6) is 1.30. The Bertz CT molecular complexity index is 1370. The molecule has 1 N–H and O–H groups in total. The molecule has 1 aromatic heterocycles. The van der Waals surface area contributed by atoms with Crippen LogP contribution in [0.25, 0.3) is 10.9 Å². The molecule has 3 aromatic rings. The van der Waals surface area contributed by atoms with Crippen molar-refractivity contribution in [2.75, 3.05) is 50.0 Å². The summed E-state index contributed by atoms with van der Waals surface area (Å²) in [5, 5.41) is 6.44. The lowest BCUT2D eigenvalue weighted by Crippen LogP contribution is -2.49. The first-order valence-electron chi connectivity index (χ1n) is 13.2. The summed E-state index contributed by atoms with van der Waals surface area (Å²) < 4.78 is 6.02. The van der Waals surface area contributed by atoms with E-state index in [2.05, 4.69) is 26.9 Å². The number of carbonyl (C=O) groups excluding carboxylic acids is 2. The van der Waals surface area contributed by atoms with Gasteiger partial charge in [0.25, 0.3) is 0 Å². The second-order valence-electron chi connectivity index (χ2n) is 9.37. The highest BCUT2D eigenvalue weighted by Crippen LogP contribution is 2.27. The monoisotopic (exact) mass is 579 g/mol. The Morgan fingerprint density at radius 3 is 2.65 bits per heavy atom. The van der Waals surface area contributed by atoms with Crippen LogP contribution < -0.4 is 15.0 Å². The molecule has 0 saturated carbocycles. The third kappa shape index (κ3) is 8.22. The van der Waals surface area contributed by atoms with E-state index in [-0.39, 0.29) is 31.3 Å². The van der Waals surface area contributed by atoms with Gasteiger partial charge in [-0.2, -0.15) is 0 Å². The van der Waals surface area contributed by atoms with Crippen LogP contribution in [0.1, 0.15) is 18.5 Å². The molecular formula is C30H34ClN5O3S. The quantitative estimate of drug-likeness (QED) is 0.237. The van der Waals surface area contributed by atoms with Crippen molar-refractivity contribution in [1.29, 1.82) is 0 Å². The number of carbonyl (C=O) groups is 2. The minimum atomic E-state index is -0.127. The van der Waals surface area contributed by atoms with Crippen molar-refractivity contribution in [3.63, 3.8) is 0 Å². The molecule has 1 aliphatic rings. The average Bonchev–Trinajstić information content (AvgIpc) is 2.97. The number of hydrogen-bond acceptors (Lipinski definition) is 7. The molecule has 2 heterocycles. The zero-order chi connectivity index (χ0) is 28.3. The van der Waals surface area contributed by atoms with Crippen molar-refractivity contribution in [1.82, 2.24) is 15.2 Å². The van der Waals surface area contributed by atoms with Gasteiger partial charge in [0.2, 0.25) is 11.8 Å². The largest absolute Gasteiger partial charge is 0.487 e. The topological polar surface area (TPSA) is 87.1 Å². The van der Waals surface area contributed by atoms with Gasteiger partial charge in [0.15, 0.2) is 0 Å². The van der Waals surface area contributed by atoms with Gasteiger partial charge in [-0.3, -0.25) is 19.6 Å². The number of nitrogens with zero attached hydrogens (tertiary/aromatic N) is 4. The fourth-order valence-corrected chi connectivity index (χ4v) is 5.36. The van der Waals surface area contributed by atoms with Crippen molar-refractivity contribution >= 4 is 58.5 Å². The van der Waals surface area contributed by atoms with E-state index in [1.807, 2.05) is 71.8 Å². The van der Waals surface area contributed by atoms with Gasteiger partial charge >= 0.3 is 0 Å². The number of ether oxygens (including phenoxy) is 1. The molecule has 2 amide bonds. The third-order valence-electron chi connectivity index (χ3n) is 6.54. The van der Waals surface area contributed by atoms with Crippen molar-refractivity contribution in [2.45, 2.75) is 19.8 Å². The number of amides is 2. The summed E-state index contributed by atoms with van der Waals surface area (Å²) >= 11 is 7.82. The van der Waals surface area contributed by atoms with Crippen LogP contribution in [0.2, 0.25) is 5.02 Å². The molecule has 2 aromatic carbocycles. The zero-order valence-corrected chi connectivity index (χ0v) is 24.2. The maximum absolute atomic E-state index is 12.6. The smallest absolute Gasteiger partial charge is 0.223 e. The Kier molecular flexibility index (Phi) is 10.8. The number of fused-ring (bicyclic) bond motifs is 1. The van der Waals surface area contributed by atoms with Crippen LogP contribution in [0.15, 0.2) is 70.7 Å². The lowest BCUT2D eigenvalue weighted by Gasteiger charge is -2.36. The van der Waals surface area contributed by atoms with Gasteiger partial charge in [0, 0.05) is 68.5 Å². The van der Waals surface area contributed by atoms with Crippen LogP contribution in [0, 0.1) is 6.92 Å². The fraction of sp³-hybridized carbons (Fsp3) is 0.333. The number of halogens is 1. The molecule has 0 unspecified atom stereocenters. The van der Waals surface area contributed by atoms with Crippen LogP contribution in [-0.4, -0.2) is 73.5 Å². The number of aryl methyl sites for hydroxylation is 1. The second-order valence-corrected chi connectivity index (χ2v) is 10.8. The molecule has 1 fully saturated rings. The van der Waals surface area contributed by atoms with E-state index >= 15 is 0 Å². The van der Waals surface area contributed by atoms with Gasteiger partial charge in [-0.05, 0) is 43.3 Å². The molecule has 210 valence electrons. The van der Waals surface area contributed by atoms with Crippen molar-refractivity contribution in [3.05, 3.63) is 76.4 Å². The van der Waals surface area contributed by atoms with E-state index in [4.69, 9.17) is 16.3 Å². The van der Waals surface area contributed by atoms with Crippen molar-refractivity contribution < 1.29 is 14.3 Å². The summed E-state index contributed by atoms with van der Waals surface area (Å²) in [5.41, 5.74) is 3.46. The van der Waals surface area contributed by atoms with E-state index in [0.717, 1.165) is 41.1 Å². The molecule has 8 nitrogen and oxygen atoms in total. The molecule has 0 atom stereocenters. The molecule has 0 spiro atoms. The summed E-state index contributed by atoms with van der Waals surface area (Å²) in [6, 6.07) is 17.5. The van der Waals surface area contributed by atoms with Crippen LogP contribution >= 0.6 is 23.4 Å². The van der Waals surface area contributed by atoms with Gasteiger partial charge in [0.05, 0.1) is 21.9 Å². The maximum Gasteiger partial charge on any atom is 0.223 e. The number of rotatable bonds is 12. The summed E-state index contributed by atoms with van der Waals surface area (Å²) in [7, 11) is 0. The number of thioether (sulfide) groups is 1. The third-order valence-corrected chi connectivity index (χ3v) is 7.74. The molecule has 40 heavy (non-hydrogen) atoms. The highest BCUT2D eigenvalue weighted by molar-refractivity contribution is 8.02. The predicted molar refractivity (Wildman–Crippen MR) is 165 cm³/mol. The summed E-state index contributed by atoms with van der Waals surface area (Å²) in [6.45, 7) is 9.03. The number of aliphatic imine (C=N–C) groups is 1. The molecule has 4 rings (SSSR count). The Labute approximate surface area is 244 Å². The summed E-state index contributed by atoms with van der Waals surface area (Å²) in [4.78, 5) is 37.5. The van der Waals surface area contributed by atoms with Gasteiger partial charge in [-0.25, -0.2) is 0 Å². The Morgan fingerprint density at radius 1 is 1.12 bits per heavy atom. The Hall–Kier alpha value is -3.56. The van der Waals surface area contributed by atoms with Crippen LogP contribution in [-0.2, 0) is 9.59 Å². The Morgan fingerprint density at radius 2 is 1.88 bits per heavy atom. The number of benzene rings is 2. The number of pyridine rings is 1. The number of anilines is 1. The Balaban J connectivity index is 1.12. The lowest BCUT2D eigenvalue weighted by molar-refractivity contribution is -0.133. The molecule has 0 radical (unpaired) electrons.